The molecule has 1 aromatic carbocycles. The molecule has 1 aromatic rings. The monoisotopic (exact) mass is 468 g/mol. The van der Waals surface area contributed by atoms with Gasteiger partial charge in [0, 0.05) is 23.3 Å². The molecule has 1 amide bonds. The maximum Gasteiger partial charge on any atom is 0.330 e. The van der Waals surface area contributed by atoms with Crippen molar-refractivity contribution < 1.29 is 19.4 Å². The van der Waals surface area contributed by atoms with Crippen LogP contribution < -0.4 is 0 Å². The Morgan fingerprint density at radius 2 is 2.06 bits per heavy atom. The quantitative estimate of drug-likeness (QED) is 0.287. The molecule has 6 nitrogen and oxygen atoms in total. The van der Waals surface area contributed by atoms with E-state index in [-0.39, 0.29) is 29.2 Å². The molecule has 3 fully saturated rings. The van der Waals surface area contributed by atoms with Crippen molar-refractivity contribution in [1.82, 2.24) is 9.80 Å². The highest BCUT2D eigenvalue weighted by molar-refractivity contribution is 8.01. The molecule has 33 heavy (non-hydrogen) atoms. The van der Waals surface area contributed by atoms with Crippen molar-refractivity contribution in [2.24, 2.45) is 5.92 Å². The highest BCUT2D eigenvalue weighted by atomic mass is 32.2. The second-order valence-corrected chi connectivity index (χ2v) is 11.2. The zero-order chi connectivity index (χ0) is 23.9. The Labute approximate surface area is 200 Å². The first kappa shape index (κ1) is 23.8. The van der Waals surface area contributed by atoms with Crippen LogP contribution in [-0.4, -0.2) is 74.8 Å². The van der Waals surface area contributed by atoms with E-state index in [1.807, 2.05) is 56.3 Å². The number of methoxy groups -OCH3 is 1. The van der Waals surface area contributed by atoms with E-state index in [2.05, 4.69) is 18.1 Å². The van der Waals surface area contributed by atoms with Crippen LogP contribution in [0.25, 0.3) is 0 Å². The molecule has 1 N–H and O–H groups in total. The molecule has 0 spiro atoms. The number of thioether (sulfide) groups is 1. The molecule has 3 aliphatic rings. The van der Waals surface area contributed by atoms with Gasteiger partial charge in [-0.2, -0.15) is 0 Å². The van der Waals surface area contributed by atoms with Crippen molar-refractivity contribution in [1.29, 1.82) is 0 Å². The van der Waals surface area contributed by atoms with E-state index in [1.165, 1.54) is 7.11 Å². The Morgan fingerprint density at radius 1 is 1.36 bits per heavy atom. The van der Waals surface area contributed by atoms with Crippen molar-refractivity contribution in [2.45, 2.75) is 54.6 Å². The van der Waals surface area contributed by atoms with Gasteiger partial charge in [-0.25, -0.2) is 4.79 Å². The van der Waals surface area contributed by atoms with E-state index >= 15 is 0 Å². The molecule has 3 saturated heterocycles. The number of likely N-dealkylation sites (tertiary alicyclic amines) is 1. The Kier molecular flexibility index (Phi) is 6.58. The number of β-lactam (4-membered cyclic amide) rings is 1. The molecule has 0 saturated carbocycles. The van der Waals surface area contributed by atoms with Gasteiger partial charge in [0.15, 0.2) is 0 Å². The fraction of sp³-hybridized carbons (Fsp3) is 0.462. The van der Waals surface area contributed by atoms with Gasteiger partial charge in [-0.05, 0) is 25.8 Å². The standard InChI is InChI=1S/C26H32N2O4S/c1-6-7-13-18-16(2)15-27(20(18)19(29)14-17-11-9-8-10-12-17)21-23(30)28-22(25(31)32-5)26(3,4)33-24(21)28/h6-13,18-22,24,29H,1-2,14-15H2,3-5H3/b13-7+/t18-,19+,20-,21-,22+,24-/m1/s1. The Balaban J connectivity index is 1.63. The predicted octanol–water partition coefficient (Wildman–Crippen LogP) is 2.79. The molecular weight excluding hydrogens is 436 g/mol. The lowest BCUT2D eigenvalue weighted by Crippen LogP contribution is -2.72. The molecule has 176 valence electrons. The fourth-order valence-electron chi connectivity index (χ4n) is 5.45. The number of allylic oxidation sites excluding steroid dienone is 2. The van der Waals surface area contributed by atoms with Crippen LogP contribution in [0.2, 0.25) is 0 Å². The smallest absolute Gasteiger partial charge is 0.330 e. The van der Waals surface area contributed by atoms with Gasteiger partial charge >= 0.3 is 5.97 Å². The SMILES string of the molecule is C=C/C=C/[C@@H]1C(=C)CN([C@@H]2C(=O)N3[C@@H]2SC(C)(C)[C@@H]3C(=O)OC)[C@H]1[C@@H](O)Cc1ccccc1. The number of ether oxygens (including phenoxy) is 1. The normalized spacial score (nSPS) is 32.0. The number of carbonyl (C=O) groups excluding carboxylic acids is 2. The number of hydrogen-bond donors (Lipinski definition) is 1. The van der Waals surface area contributed by atoms with Crippen LogP contribution in [0.3, 0.4) is 0 Å². The van der Waals surface area contributed by atoms with E-state index in [0.29, 0.717) is 13.0 Å². The van der Waals surface area contributed by atoms with Crippen molar-refractivity contribution >= 4 is 23.6 Å². The third-order valence-electron chi connectivity index (χ3n) is 6.94. The zero-order valence-corrected chi connectivity index (χ0v) is 20.2. The summed E-state index contributed by atoms with van der Waals surface area (Å²) in [5.74, 6) is -0.578. The Hall–Kier alpha value is -2.35. The average Bonchev–Trinajstić information content (AvgIpc) is 3.23. The number of nitrogens with zero attached hydrogens (tertiary/aromatic N) is 2. The molecule has 0 aromatic heterocycles. The van der Waals surface area contributed by atoms with E-state index < -0.39 is 22.9 Å². The molecule has 0 bridgehead atoms. The number of benzene rings is 1. The summed E-state index contributed by atoms with van der Waals surface area (Å²) in [5, 5.41) is 11.2. The molecule has 0 aliphatic carbocycles. The lowest BCUT2D eigenvalue weighted by molar-refractivity contribution is -0.168. The summed E-state index contributed by atoms with van der Waals surface area (Å²) in [5.41, 5.74) is 2.00. The van der Waals surface area contributed by atoms with Crippen molar-refractivity contribution in [2.75, 3.05) is 13.7 Å². The second-order valence-electron chi connectivity index (χ2n) is 9.45. The molecule has 0 radical (unpaired) electrons. The lowest BCUT2D eigenvalue weighted by atomic mass is 9.88. The highest BCUT2D eigenvalue weighted by Crippen LogP contribution is 2.53. The minimum Gasteiger partial charge on any atom is -0.467 e. The second kappa shape index (κ2) is 9.12. The van der Waals surface area contributed by atoms with Gasteiger partial charge in [-0.3, -0.25) is 9.69 Å². The fourth-order valence-corrected chi connectivity index (χ4v) is 7.15. The number of amides is 1. The number of aliphatic hydroxyl groups is 1. The molecular formula is C26H32N2O4S. The van der Waals surface area contributed by atoms with Crippen LogP contribution in [0.4, 0.5) is 0 Å². The molecule has 3 aliphatic heterocycles. The first-order valence-corrected chi connectivity index (χ1v) is 12.1. The van der Waals surface area contributed by atoms with Crippen molar-refractivity contribution in [3.63, 3.8) is 0 Å². The largest absolute Gasteiger partial charge is 0.467 e. The van der Waals surface area contributed by atoms with Gasteiger partial charge in [-0.1, -0.05) is 67.3 Å². The number of rotatable bonds is 7. The van der Waals surface area contributed by atoms with E-state index in [4.69, 9.17) is 4.74 Å². The number of esters is 1. The van der Waals surface area contributed by atoms with Gasteiger partial charge in [0.1, 0.15) is 17.5 Å². The molecule has 3 heterocycles. The number of fused-ring (bicyclic) bond motifs is 1. The summed E-state index contributed by atoms with van der Waals surface area (Å²) in [6.07, 6.45) is 5.38. The zero-order valence-electron chi connectivity index (χ0n) is 19.4. The van der Waals surface area contributed by atoms with Crippen LogP contribution in [-0.2, 0) is 20.7 Å². The molecule has 7 heteroatoms. The topological polar surface area (TPSA) is 70.1 Å². The molecule has 0 unspecified atom stereocenters. The van der Waals surface area contributed by atoms with Crippen LogP contribution in [0.15, 0.2) is 67.3 Å². The minimum atomic E-state index is -0.691. The van der Waals surface area contributed by atoms with Gasteiger partial charge in [0.05, 0.1) is 13.2 Å². The molecule has 6 atom stereocenters. The van der Waals surface area contributed by atoms with Gasteiger partial charge in [0.2, 0.25) is 5.91 Å². The first-order chi connectivity index (χ1) is 15.7. The van der Waals surface area contributed by atoms with Gasteiger partial charge < -0.3 is 14.7 Å². The number of carbonyl (C=O) groups is 2. The van der Waals surface area contributed by atoms with E-state index in [9.17, 15) is 14.7 Å². The summed E-state index contributed by atoms with van der Waals surface area (Å²) in [6, 6.07) is 8.53. The minimum absolute atomic E-state index is 0.0912. The Morgan fingerprint density at radius 3 is 2.70 bits per heavy atom. The number of aliphatic hydroxyl groups excluding tert-OH is 1. The lowest BCUT2D eigenvalue weighted by Gasteiger charge is -2.49. The third kappa shape index (κ3) is 4.07. The predicted molar refractivity (Wildman–Crippen MR) is 131 cm³/mol. The van der Waals surface area contributed by atoms with Crippen molar-refractivity contribution in [3.05, 3.63) is 72.9 Å². The number of hydrogen-bond acceptors (Lipinski definition) is 6. The van der Waals surface area contributed by atoms with Crippen LogP contribution in [0.5, 0.6) is 0 Å². The molecule has 4 rings (SSSR count). The van der Waals surface area contributed by atoms with Crippen molar-refractivity contribution in [3.8, 4) is 0 Å². The average molecular weight is 469 g/mol. The Bertz CT molecular complexity index is 976. The summed E-state index contributed by atoms with van der Waals surface area (Å²) < 4.78 is 4.54. The van der Waals surface area contributed by atoms with Gasteiger partial charge in [0.25, 0.3) is 0 Å². The van der Waals surface area contributed by atoms with Crippen LogP contribution >= 0.6 is 11.8 Å². The first-order valence-electron chi connectivity index (χ1n) is 11.2. The summed E-state index contributed by atoms with van der Waals surface area (Å²) in [7, 11) is 1.36. The van der Waals surface area contributed by atoms with Crippen LogP contribution in [0, 0.1) is 5.92 Å². The van der Waals surface area contributed by atoms with Gasteiger partial charge in [-0.15, -0.1) is 11.8 Å². The summed E-state index contributed by atoms with van der Waals surface area (Å²) >= 11 is 1.62. The summed E-state index contributed by atoms with van der Waals surface area (Å²) in [6.45, 7) is 12.5. The highest BCUT2D eigenvalue weighted by Gasteiger charge is 2.66. The third-order valence-corrected chi connectivity index (χ3v) is 8.50. The maximum atomic E-state index is 13.4. The van der Waals surface area contributed by atoms with E-state index in [1.54, 1.807) is 22.7 Å². The van der Waals surface area contributed by atoms with Crippen LogP contribution in [0.1, 0.15) is 19.4 Å². The van der Waals surface area contributed by atoms with E-state index in [0.717, 1.165) is 11.1 Å². The summed E-state index contributed by atoms with van der Waals surface area (Å²) in [4.78, 5) is 29.7. The maximum absolute atomic E-state index is 13.4.